The van der Waals surface area contributed by atoms with Crippen LogP contribution in [0.4, 0.5) is 5.69 Å². The number of unbranched alkanes of at least 4 members (excludes halogenated alkanes) is 1. The minimum atomic E-state index is -1.28. The van der Waals surface area contributed by atoms with Crippen LogP contribution in [0.5, 0.6) is 0 Å². The molecule has 0 unspecified atom stereocenters. The maximum absolute atomic E-state index is 12.1. The zero-order valence-electron chi connectivity index (χ0n) is 18.9. The van der Waals surface area contributed by atoms with Crippen molar-refractivity contribution in [1.29, 1.82) is 0 Å². The second kappa shape index (κ2) is 10.6. The minimum Gasteiger partial charge on any atom is -0.478 e. The summed E-state index contributed by atoms with van der Waals surface area (Å²) in [5, 5.41) is 31.0. The first-order chi connectivity index (χ1) is 16.2. The molecule has 176 valence electrons. The molecule has 9 heteroatoms. The molecule has 3 aromatic rings. The molecule has 1 heterocycles. The summed E-state index contributed by atoms with van der Waals surface area (Å²) in [5.74, 6) is -1.85. The highest BCUT2D eigenvalue weighted by Gasteiger charge is 2.24. The van der Waals surface area contributed by atoms with E-state index < -0.39 is 22.5 Å². The molecule has 0 spiro atoms. The topological polar surface area (TPSA) is 136 Å². The number of imidazole rings is 1. The van der Waals surface area contributed by atoms with E-state index in [4.69, 9.17) is 0 Å². The average molecular weight is 463 g/mol. The van der Waals surface area contributed by atoms with E-state index in [0.29, 0.717) is 23.6 Å². The van der Waals surface area contributed by atoms with Crippen LogP contribution >= 0.6 is 0 Å². The molecule has 9 nitrogen and oxygen atoms in total. The molecule has 0 saturated carbocycles. The molecule has 2 aromatic carbocycles. The SMILES string of the molecule is CCCCc1nc(C)c(C=C(Cc2ccccc2)C(=O)O)n1-c1ccc(C(=O)O)cc1[N+](=O)[O-]. The van der Waals surface area contributed by atoms with Gasteiger partial charge < -0.3 is 10.2 Å². The molecule has 1 aromatic heterocycles. The molecule has 0 amide bonds. The van der Waals surface area contributed by atoms with Crippen molar-refractivity contribution >= 4 is 23.7 Å². The Morgan fingerprint density at radius 2 is 1.85 bits per heavy atom. The fraction of sp³-hybridized carbons (Fsp3) is 0.240. The molecule has 0 bridgehead atoms. The van der Waals surface area contributed by atoms with Crippen LogP contribution in [0.2, 0.25) is 0 Å². The van der Waals surface area contributed by atoms with Crippen molar-refractivity contribution in [3.05, 3.63) is 92.6 Å². The zero-order valence-corrected chi connectivity index (χ0v) is 18.9. The summed E-state index contributed by atoms with van der Waals surface area (Å²) >= 11 is 0. The third-order valence-electron chi connectivity index (χ3n) is 5.40. The smallest absolute Gasteiger partial charge is 0.335 e. The molecular weight excluding hydrogens is 438 g/mol. The van der Waals surface area contributed by atoms with Crippen LogP contribution in [-0.2, 0) is 17.6 Å². The van der Waals surface area contributed by atoms with Crippen molar-refractivity contribution in [2.75, 3.05) is 0 Å². The number of hydrogen-bond donors (Lipinski definition) is 2. The van der Waals surface area contributed by atoms with Crippen molar-refractivity contribution in [3.63, 3.8) is 0 Å². The predicted molar refractivity (Wildman–Crippen MR) is 126 cm³/mol. The largest absolute Gasteiger partial charge is 0.478 e. The van der Waals surface area contributed by atoms with Gasteiger partial charge in [-0.15, -0.1) is 0 Å². The van der Waals surface area contributed by atoms with E-state index in [2.05, 4.69) is 4.98 Å². The summed E-state index contributed by atoms with van der Waals surface area (Å²) in [6, 6.07) is 12.8. The van der Waals surface area contributed by atoms with Crippen molar-refractivity contribution < 1.29 is 24.7 Å². The van der Waals surface area contributed by atoms with E-state index in [0.717, 1.165) is 24.5 Å². The van der Waals surface area contributed by atoms with Crippen molar-refractivity contribution in [3.8, 4) is 5.69 Å². The van der Waals surface area contributed by atoms with Crippen LogP contribution in [0.25, 0.3) is 11.8 Å². The summed E-state index contributed by atoms with van der Waals surface area (Å²) in [4.78, 5) is 39.3. The highest BCUT2D eigenvalue weighted by molar-refractivity contribution is 5.93. The maximum atomic E-state index is 12.1. The van der Waals surface area contributed by atoms with Gasteiger partial charge in [0, 0.05) is 24.5 Å². The van der Waals surface area contributed by atoms with Crippen molar-refractivity contribution in [2.24, 2.45) is 0 Å². The zero-order chi connectivity index (χ0) is 24.8. The maximum Gasteiger partial charge on any atom is 0.335 e. The monoisotopic (exact) mass is 463 g/mol. The molecule has 0 atom stereocenters. The first-order valence-electron chi connectivity index (χ1n) is 10.8. The van der Waals surface area contributed by atoms with Crippen LogP contribution in [0.15, 0.2) is 54.1 Å². The summed E-state index contributed by atoms with van der Waals surface area (Å²) in [5.41, 5.74) is 1.36. The highest BCUT2D eigenvalue weighted by Crippen LogP contribution is 2.30. The number of nitro benzene ring substituents is 1. The lowest BCUT2D eigenvalue weighted by atomic mass is 10.0. The molecule has 0 aliphatic carbocycles. The Morgan fingerprint density at radius 1 is 1.15 bits per heavy atom. The van der Waals surface area contributed by atoms with Crippen LogP contribution in [0, 0.1) is 17.0 Å². The standard InChI is InChI=1S/C25H25N3O6/c1-3-4-10-23-26-16(2)21(15-19(25(31)32)13-17-8-6-5-7-9-17)27(23)20-12-11-18(24(29)30)14-22(20)28(33)34/h5-9,11-12,14-15H,3-4,10,13H2,1-2H3,(H,29,30)(H,31,32). The molecule has 0 radical (unpaired) electrons. The first-order valence-corrected chi connectivity index (χ1v) is 10.8. The summed E-state index contributed by atoms with van der Waals surface area (Å²) in [6.45, 7) is 3.73. The number of nitrogens with zero attached hydrogens (tertiary/aromatic N) is 3. The van der Waals surface area contributed by atoms with Gasteiger partial charge in [-0.2, -0.15) is 0 Å². The van der Waals surface area contributed by atoms with Crippen LogP contribution in [0.3, 0.4) is 0 Å². The fourth-order valence-corrected chi connectivity index (χ4v) is 3.70. The number of aromatic nitrogens is 2. The summed E-state index contributed by atoms with van der Waals surface area (Å²) in [6.07, 6.45) is 3.80. The van der Waals surface area contributed by atoms with E-state index in [-0.39, 0.29) is 23.2 Å². The van der Waals surface area contributed by atoms with Gasteiger partial charge in [0.25, 0.3) is 5.69 Å². The quantitative estimate of drug-likeness (QED) is 0.249. The van der Waals surface area contributed by atoms with Crippen LogP contribution in [0.1, 0.15) is 52.9 Å². The van der Waals surface area contributed by atoms with Crippen LogP contribution < -0.4 is 0 Å². The van der Waals surface area contributed by atoms with Gasteiger partial charge in [0.2, 0.25) is 0 Å². The van der Waals surface area contributed by atoms with E-state index in [9.17, 15) is 29.9 Å². The molecule has 0 aliphatic heterocycles. The second-order valence-corrected chi connectivity index (χ2v) is 7.84. The Morgan fingerprint density at radius 3 is 2.44 bits per heavy atom. The number of aliphatic carboxylic acids is 1. The van der Waals surface area contributed by atoms with Gasteiger partial charge in [-0.1, -0.05) is 43.7 Å². The van der Waals surface area contributed by atoms with Gasteiger partial charge in [0.15, 0.2) is 0 Å². The Kier molecular flexibility index (Phi) is 7.57. The lowest BCUT2D eigenvalue weighted by Crippen LogP contribution is -2.10. The normalized spacial score (nSPS) is 11.4. The predicted octanol–water partition coefficient (Wildman–Crippen LogP) is 4.84. The summed E-state index contributed by atoms with van der Waals surface area (Å²) in [7, 11) is 0. The summed E-state index contributed by atoms with van der Waals surface area (Å²) < 4.78 is 1.57. The van der Waals surface area contributed by atoms with Crippen molar-refractivity contribution in [1.82, 2.24) is 9.55 Å². The molecule has 0 saturated heterocycles. The molecule has 0 fully saturated rings. The number of aryl methyl sites for hydroxylation is 2. The number of rotatable bonds is 10. The van der Waals surface area contributed by atoms with Gasteiger partial charge in [0.1, 0.15) is 11.5 Å². The Labute approximate surface area is 196 Å². The van der Waals surface area contributed by atoms with E-state index in [1.54, 1.807) is 11.5 Å². The van der Waals surface area contributed by atoms with Crippen LogP contribution in [-0.4, -0.2) is 36.6 Å². The Hall–Kier alpha value is -4.27. The third kappa shape index (κ3) is 5.37. The molecule has 3 rings (SSSR count). The lowest BCUT2D eigenvalue weighted by molar-refractivity contribution is -0.384. The molecule has 34 heavy (non-hydrogen) atoms. The van der Waals surface area contributed by atoms with E-state index >= 15 is 0 Å². The molecule has 0 aliphatic rings. The van der Waals surface area contributed by atoms with Gasteiger partial charge >= 0.3 is 11.9 Å². The number of carbonyl (C=O) groups is 2. The first kappa shape index (κ1) is 24.4. The number of hydrogen-bond acceptors (Lipinski definition) is 5. The van der Waals surface area contributed by atoms with Crippen molar-refractivity contribution in [2.45, 2.75) is 39.5 Å². The Bertz CT molecular complexity index is 1260. The highest BCUT2D eigenvalue weighted by atomic mass is 16.6. The number of carboxylic acids is 2. The average Bonchev–Trinajstić information content (AvgIpc) is 3.11. The number of aromatic carboxylic acids is 1. The fourth-order valence-electron chi connectivity index (χ4n) is 3.70. The third-order valence-corrected chi connectivity index (χ3v) is 5.40. The van der Waals surface area contributed by atoms with Gasteiger partial charge in [-0.3, -0.25) is 14.7 Å². The van der Waals surface area contributed by atoms with Gasteiger partial charge in [-0.05, 0) is 37.1 Å². The number of benzene rings is 2. The van der Waals surface area contributed by atoms with Gasteiger partial charge in [0.05, 0.1) is 21.9 Å². The van der Waals surface area contributed by atoms with Gasteiger partial charge in [-0.25, -0.2) is 14.6 Å². The second-order valence-electron chi connectivity index (χ2n) is 7.84. The molecular formula is C25H25N3O6. The Balaban J connectivity index is 2.25. The number of nitro groups is 1. The van der Waals surface area contributed by atoms with E-state index in [1.165, 1.54) is 18.2 Å². The lowest BCUT2D eigenvalue weighted by Gasteiger charge is -2.13. The number of carboxylic acid groups (broad SMARTS) is 2. The van der Waals surface area contributed by atoms with E-state index in [1.807, 2.05) is 37.3 Å². The molecule has 2 N–H and O–H groups in total. The minimum absolute atomic E-state index is 0.0994.